The van der Waals surface area contributed by atoms with Crippen molar-refractivity contribution < 1.29 is 19.4 Å². The molecule has 0 radical (unpaired) electrons. The molecule has 31 heavy (non-hydrogen) atoms. The van der Waals surface area contributed by atoms with Crippen LogP contribution >= 0.6 is 0 Å². The van der Waals surface area contributed by atoms with E-state index in [1.54, 1.807) is 6.92 Å². The third kappa shape index (κ3) is 5.66. The van der Waals surface area contributed by atoms with Gasteiger partial charge in [-0.25, -0.2) is 9.97 Å². The Kier molecular flexibility index (Phi) is 7.32. The Morgan fingerprint density at radius 1 is 0.968 bits per heavy atom. The first-order chi connectivity index (χ1) is 15.0. The van der Waals surface area contributed by atoms with Crippen molar-refractivity contribution in [2.75, 3.05) is 13.2 Å². The molecule has 160 valence electrons. The van der Waals surface area contributed by atoms with Gasteiger partial charge < -0.3 is 15.2 Å². The molecular weight excluding hydrogens is 394 g/mol. The molecule has 1 amide bonds. The van der Waals surface area contributed by atoms with Crippen LogP contribution < -0.4 is 5.32 Å². The van der Waals surface area contributed by atoms with Crippen molar-refractivity contribution >= 4 is 11.9 Å². The van der Waals surface area contributed by atoms with Gasteiger partial charge in [0.2, 0.25) is 0 Å². The van der Waals surface area contributed by atoms with E-state index in [4.69, 9.17) is 4.74 Å². The second kappa shape index (κ2) is 10.3. The van der Waals surface area contributed by atoms with E-state index in [0.29, 0.717) is 24.4 Å². The van der Waals surface area contributed by atoms with Crippen molar-refractivity contribution in [3.63, 3.8) is 0 Å². The van der Waals surface area contributed by atoms with Gasteiger partial charge in [-0.1, -0.05) is 61.5 Å². The van der Waals surface area contributed by atoms with Crippen LogP contribution in [0.5, 0.6) is 5.75 Å². The smallest absolute Gasteiger partial charge is 0.325 e. The molecule has 7 nitrogen and oxygen atoms in total. The average molecular weight is 419 g/mol. The molecule has 0 spiro atoms. The van der Waals surface area contributed by atoms with E-state index in [2.05, 4.69) is 15.3 Å². The zero-order valence-corrected chi connectivity index (χ0v) is 17.6. The molecule has 0 saturated heterocycles. The minimum Gasteiger partial charge on any atom is -0.504 e. The van der Waals surface area contributed by atoms with E-state index in [9.17, 15) is 14.7 Å². The van der Waals surface area contributed by atoms with Gasteiger partial charge in [-0.05, 0) is 30.0 Å². The molecule has 0 fully saturated rings. The Morgan fingerprint density at radius 2 is 1.65 bits per heavy atom. The largest absolute Gasteiger partial charge is 0.504 e. The van der Waals surface area contributed by atoms with E-state index < -0.39 is 11.9 Å². The minimum atomic E-state index is -0.650. The number of esters is 1. The lowest BCUT2D eigenvalue weighted by Gasteiger charge is -2.11. The van der Waals surface area contributed by atoms with Gasteiger partial charge in [-0.3, -0.25) is 9.59 Å². The maximum atomic E-state index is 12.5. The van der Waals surface area contributed by atoms with Crippen LogP contribution in [0.3, 0.4) is 0 Å². The fourth-order valence-electron chi connectivity index (χ4n) is 3.11. The summed E-state index contributed by atoms with van der Waals surface area (Å²) in [5.41, 5.74) is 3.44. The van der Waals surface area contributed by atoms with Gasteiger partial charge in [0.25, 0.3) is 5.91 Å². The highest BCUT2D eigenvalue weighted by atomic mass is 16.5. The zero-order chi connectivity index (χ0) is 22.2. The molecule has 7 heteroatoms. The predicted octanol–water partition coefficient (Wildman–Crippen LogP) is 3.30. The zero-order valence-electron chi connectivity index (χ0n) is 17.6. The lowest BCUT2D eigenvalue weighted by atomic mass is 10.0. The lowest BCUT2D eigenvalue weighted by Crippen LogP contribution is -2.31. The van der Waals surface area contributed by atoms with E-state index in [0.717, 1.165) is 16.7 Å². The van der Waals surface area contributed by atoms with Crippen LogP contribution in [-0.4, -0.2) is 40.1 Å². The van der Waals surface area contributed by atoms with Crippen LogP contribution in [-0.2, 0) is 22.4 Å². The highest BCUT2D eigenvalue weighted by Crippen LogP contribution is 2.23. The summed E-state index contributed by atoms with van der Waals surface area (Å²) >= 11 is 0. The molecule has 1 aromatic heterocycles. The number of nitrogens with one attached hydrogen (secondary N) is 1. The highest BCUT2D eigenvalue weighted by molar-refractivity contribution is 5.96. The fourth-order valence-corrected chi connectivity index (χ4v) is 3.11. The molecule has 2 N–H and O–H groups in total. The Hall–Kier alpha value is -3.74. The summed E-state index contributed by atoms with van der Waals surface area (Å²) < 4.78 is 4.80. The standard InChI is InChI=1S/C24H25N3O4/c1-3-19-23(29)22(24(30)25-15-21(28)31-4-2)27-20(26-19)14-16-10-12-18(13-11-16)17-8-6-5-7-9-17/h5-13,29H,3-4,14-15H2,1-2H3,(H,25,30). The predicted molar refractivity (Wildman–Crippen MR) is 117 cm³/mol. The molecule has 0 atom stereocenters. The van der Waals surface area contributed by atoms with E-state index in [-0.39, 0.29) is 24.6 Å². The number of nitrogens with zero attached hydrogens (tertiary/aromatic N) is 2. The second-order valence-electron chi connectivity index (χ2n) is 6.86. The molecular formula is C24H25N3O4. The molecule has 1 heterocycles. The van der Waals surface area contributed by atoms with Crippen LogP contribution in [0.15, 0.2) is 54.6 Å². The number of hydrogen-bond acceptors (Lipinski definition) is 6. The number of hydrogen-bond donors (Lipinski definition) is 2. The summed E-state index contributed by atoms with van der Waals surface area (Å²) in [5.74, 6) is -1.06. The fraction of sp³-hybridized carbons (Fsp3) is 0.250. The van der Waals surface area contributed by atoms with E-state index in [1.165, 1.54) is 0 Å². The van der Waals surface area contributed by atoms with Gasteiger partial charge in [0.1, 0.15) is 12.4 Å². The summed E-state index contributed by atoms with van der Waals surface area (Å²) in [6, 6.07) is 18.1. The van der Waals surface area contributed by atoms with Crippen molar-refractivity contribution in [3.05, 3.63) is 77.4 Å². The van der Waals surface area contributed by atoms with Crippen LogP contribution in [0.25, 0.3) is 11.1 Å². The molecule has 0 unspecified atom stereocenters. The Balaban J connectivity index is 1.79. The molecule has 3 rings (SSSR count). The number of carbonyl (C=O) groups is 2. The number of aromatic hydroxyl groups is 1. The number of aromatic nitrogens is 2. The van der Waals surface area contributed by atoms with Crippen molar-refractivity contribution in [2.45, 2.75) is 26.7 Å². The summed E-state index contributed by atoms with van der Waals surface area (Å²) in [4.78, 5) is 32.6. The average Bonchev–Trinajstić information content (AvgIpc) is 2.79. The molecule has 0 saturated carbocycles. The van der Waals surface area contributed by atoms with Gasteiger partial charge in [-0.15, -0.1) is 0 Å². The first-order valence-corrected chi connectivity index (χ1v) is 10.2. The van der Waals surface area contributed by atoms with Crippen molar-refractivity contribution in [3.8, 4) is 16.9 Å². The summed E-state index contributed by atoms with van der Waals surface area (Å²) in [5, 5.41) is 12.8. The number of rotatable bonds is 8. The van der Waals surface area contributed by atoms with E-state index in [1.807, 2.05) is 61.5 Å². The maximum absolute atomic E-state index is 12.5. The normalized spacial score (nSPS) is 10.5. The summed E-state index contributed by atoms with van der Waals surface area (Å²) in [6.45, 7) is 3.44. The molecule has 0 aliphatic rings. The van der Waals surface area contributed by atoms with Crippen molar-refractivity contribution in [1.82, 2.24) is 15.3 Å². The number of aryl methyl sites for hydroxylation is 1. The van der Waals surface area contributed by atoms with Crippen molar-refractivity contribution in [1.29, 1.82) is 0 Å². The number of amides is 1. The van der Waals surface area contributed by atoms with Crippen LogP contribution in [0, 0.1) is 0 Å². The van der Waals surface area contributed by atoms with Gasteiger partial charge >= 0.3 is 5.97 Å². The second-order valence-corrected chi connectivity index (χ2v) is 6.86. The lowest BCUT2D eigenvalue weighted by molar-refractivity contribution is -0.141. The van der Waals surface area contributed by atoms with Crippen LogP contribution in [0.1, 0.15) is 41.4 Å². The Bertz CT molecular complexity index is 1050. The molecule has 3 aromatic rings. The molecule has 0 aliphatic heterocycles. The highest BCUT2D eigenvalue weighted by Gasteiger charge is 2.20. The number of ether oxygens (including phenoxy) is 1. The quantitative estimate of drug-likeness (QED) is 0.543. The number of benzene rings is 2. The SMILES string of the molecule is CCOC(=O)CNC(=O)c1nc(Cc2ccc(-c3ccccc3)cc2)nc(CC)c1O. The maximum Gasteiger partial charge on any atom is 0.325 e. The summed E-state index contributed by atoms with van der Waals surface area (Å²) in [7, 11) is 0. The topological polar surface area (TPSA) is 101 Å². The van der Waals surface area contributed by atoms with Crippen LogP contribution in [0.4, 0.5) is 0 Å². The third-order valence-electron chi connectivity index (χ3n) is 4.67. The van der Waals surface area contributed by atoms with Crippen LogP contribution in [0.2, 0.25) is 0 Å². The van der Waals surface area contributed by atoms with Gasteiger partial charge in [0.15, 0.2) is 11.4 Å². The molecule has 0 aliphatic carbocycles. The van der Waals surface area contributed by atoms with Crippen molar-refractivity contribution in [2.24, 2.45) is 0 Å². The first kappa shape index (κ1) is 22.0. The third-order valence-corrected chi connectivity index (χ3v) is 4.67. The first-order valence-electron chi connectivity index (χ1n) is 10.2. The number of carbonyl (C=O) groups excluding carboxylic acids is 2. The summed E-state index contributed by atoms with van der Waals surface area (Å²) in [6.07, 6.45) is 0.840. The Labute approximate surface area is 181 Å². The van der Waals surface area contributed by atoms with Gasteiger partial charge in [-0.2, -0.15) is 0 Å². The minimum absolute atomic E-state index is 0.146. The van der Waals surface area contributed by atoms with E-state index >= 15 is 0 Å². The Morgan fingerprint density at radius 3 is 2.29 bits per heavy atom. The van der Waals surface area contributed by atoms with Gasteiger partial charge in [0.05, 0.1) is 12.3 Å². The molecule has 2 aromatic carbocycles. The monoisotopic (exact) mass is 419 g/mol. The molecule has 0 bridgehead atoms. The van der Waals surface area contributed by atoms with Gasteiger partial charge in [0, 0.05) is 6.42 Å².